The molecule has 0 heterocycles. The van der Waals surface area contributed by atoms with Crippen molar-refractivity contribution >= 4 is 0 Å². The minimum Gasteiger partial charge on any atom is -0.493 e. The molecule has 2 aliphatic carbocycles. The van der Waals surface area contributed by atoms with E-state index < -0.39 is 0 Å². The van der Waals surface area contributed by atoms with E-state index in [2.05, 4.69) is 17.4 Å². The maximum Gasteiger partial charge on any atom is 0.161 e. The maximum absolute atomic E-state index is 5.64. The number of nitrogens with one attached hydrogen (secondary N) is 1. The smallest absolute Gasteiger partial charge is 0.161 e. The van der Waals surface area contributed by atoms with Gasteiger partial charge in [-0.25, -0.2) is 0 Å². The number of benzene rings is 1. The van der Waals surface area contributed by atoms with Crippen molar-refractivity contribution in [1.29, 1.82) is 0 Å². The van der Waals surface area contributed by atoms with Crippen LogP contribution < -0.4 is 14.8 Å². The Morgan fingerprint density at radius 3 is 2.43 bits per heavy atom. The zero-order chi connectivity index (χ0) is 14.7. The molecule has 3 heteroatoms. The van der Waals surface area contributed by atoms with Crippen molar-refractivity contribution < 1.29 is 9.47 Å². The SMILES string of the molecule is CCOc1cc(CNCC(C2CC2)C2CC2)ccc1OC. The first kappa shape index (κ1) is 14.7. The molecule has 2 saturated carbocycles. The highest BCUT2D eigenvalue weighted by Crippen LogP contribution is 2.48. The first-order chi connectivity index (χ1) is 10.3. The minimum absolute atomic E-state index is 0.665. The lowest BCUT2D eigenvalue weighted by molar-refractivity contribution is 0.310. The van der Waals surface area contributed by atoms with E-state index in [1.54, 1.807) is 7.11 Å². The topological polar surface area (TPSA) is 30.5 Å². The second-order valence-corrected chi connectivity index (χ2v) is 6.39. The van der Waals surface area contributed by atoms with Crippen molar-refractivity contribution in [2.75, 3.05) is 20.3 Å². The van der Waals surface area contributed by atoms with E-state index in [9.17, 15) is 0 Å². The van der Waals surface area contributed by atoms with Gasteiger partial charge in [-0.05, 0) is 74.6 Å². The van der Waals surface area contributed by atoms with Crippen LogP contribution in [0.1, 0.15) is 38.2 Å². The van der Waals surface area contributed by atoms with Crippen molar-refractivity contribution in [3.05, 3.63) is 23.8 Å². The van der Waals surface area contributed by atoms with Crippen molar-refractivity contribution in [3.8, 4) is 11.5 Å². The highest BCUT2D eigenvalue weighted by Gasteiger charge is 2.40. The second kappa shape index (κ2) is 6.69. The highest BCUT2D eigenvalue weighted by atomic mass is 16.5. The summed E-state index contributed by atoms with van der Waals surface area (Å²) in [5, 5.41) is 3.65. The van der Waals surface area contributed by atoms with Crippen LogP contribution in [-0.2, 0) is 6.54 Å². The van der Waals surface area contributed by atoms with Gasteiger partial charge in [-0.1, -0.05) is 6.07 Å². The van der Waals surface area contributed by atoms with Gasteiger partial charge >= 0.3 is 0 Å². The van der Waals surface area contributed by atoms with Crippen LogP contribution in [0.25, 0.3) is 0 Å². The minimum atomic E-state index is 0.665. The van der Waals surface area contributed by atoms with E-state index in [0.29, 0.717) is 6.61 Å². The molecule has 0 bridgehead atoms. The lowest BCUT2D eigenvalue weighted by Gasteiger charge is -2.17. The number of hydrogen-bond acceptors (Lipinski definition) is 3. The standard InChI is InChI=1S/C18H27NO2/c1-3-21-18-10-13(4-9-17(18)20-2)11-19-12-16(14-5-6-14)15-7-8-15/h4,9-10,14-16,19H,3,5-8,11-12H2,1-2H3. The fourth-order valence-corrected chi connectivity index (χ4v) is 3.25. The molecule has 3 rings (SSSR count). The predicted octanol–water partition coefficient (Wildman–Crippen LogP) is 3.62. The van der Waals surface area contributed by atoms with E-state index in [1.165, 1.54) is 37.8 Å². The van der Waals surface area contributed by atoms with Gasteiger partial charge in [-0.2, -0.15) is 0 Å². The van der Waals surface area contributed by atoms with Gasteiger partial charge < -0.3 is 14.8 Å². The van der Waals surface area contributed by atoms with Crippen LogP contribution in [0, 0.1) is 17.8 Å². The molecule has 1 aromatic rings. The summed E-state index contributed by atoms with van der Waals surface area (Å²) in [4.78, 5) is 0. The molecule has 0 spiro atoms. The van der Waals surface area contributed by atoms with Crippen molar-refractivity contribution in [2.45, 2.75) is 39.2 Å². The molecule has 0 aliphatic heterocycles. The zero-order valence-corrected chi connectivity index (χ0v) is 13.2. The van der Waals surface area contributed by atoms with Gasteiger partial charge in [0.15, 0.2) is 11.5 Å². The molecule has 1 N–H and O–H groups in total. The molecule has 2 fully saturated rings. The van der Waals surface area contributed by atoms with Crippen LogP contribution >= 0.6 is 0 Å². The Kier molecular flexibility index (Phi) is 4.69. The Morgan fingerprint density at radius 1 is 1.14 bits per heavy atom. The van der Waals surface area contributed by atoms with Crippen LogP contribution in [0.5, 0.6) is 11.5 Å². The molecule has 0 aromatic heterocycles. The Labute approximate surface area is 128 Å². The molecule has 1 aromatic carbocycles. The normalized spacial score (nSPS) is 18.0. The Morgan fingerprint density at radius 2 is 1.86 bits per heavy atom. The van der Waals surface area contributed by atoms with Gasteiger partial charge in [-0.15, -0.1) is 0 Å². The molecular formula is C18H27NO2. The molecule has 21 heavy (non-hydrogen) atoms. The summed E-state index contributed by atoms with van der Waals surface area (Å²) in [6.45, 7) is 4.75. The number of methoxy groups -OCH3 is 1. The van der Waals surface area contributed by atoms with E-state index in [0.717, 1.165) is 35.8 Å². The molecule has 2 aliphatic rings. The average molecular weight is 289 g/mol. The van der Waals surface area contributed by atoms with Gasteiger partial charge in [0.25, 0.3) is 0 Å². The summed E-state index contributed by atoms with van der Waals surface area (Å²) in [6, 6.07) is 6.22. The van der Waals surface area contributed by atoms with Crippen LogP contribution in [-0.4, -0.2) is 20.3 Å². The molecular weight excluding hydrogens is 262 g/mol. The second-order valence-electron chi connectivity index (χ2n) is 6.39. The van der Waals surface area contributed by atoms with Crippen LogP contribution in [0.15, 0.2) is 18.2 Å². The summed E-state index contributed by atoms with van der Waals surface area (Å²) < 4.78 is 11.0. The summed E-state index contributed by atoms with van der Waals surface area (Å²) in [5.74, 6) is 4.61. The Bertz CT molecular complexity index is 454. The monoisotopic (exact) mass is 289 g/mol. The van der Waals surface area contributed by atoms with Gasteiger partial charge in [0.05, 0.1) is 13.7 Å². The molecule has 0 atom stereocenters. The first-order valence-electron chi connectivity index (χ1n) is 8.32. The molecule has 0 unspecified atom stereocenters. The third-order valence-electron chi connectivity index (χ3n) is 4.69. The lowest BCUT2D eigenvalue weighted by Crippen LogP contribution is -2.25. The third kappa shape index (κ3) is 3.91. The summed E-state index contributed by atoms with van der Waals surface area (Å²) in [5.41, 5.74) is 1.27. The summed E-state index contributed by atoms with van der Waals surface area (Å²) in [7, 11) is 1.69. The Balaban J connectivity index is 1.53. The largest absolute Gasteiger partial charge is 0.493 e. The van der Waals surface area contributed by atoms with Crippen molar-refractivity contribution in [1.82, 2.24) is 5.32 Å². The molecule has 116 valence electrons. The number of rotatable bonds is 9. The third-order valence-corrected chi connectivity index (χ3v) is 4.69. The van der Waals surface area contributed by atoms with Gasteiger partial charge in [0.2, 0.25) is 0 Å². The van der Waals surface area contributed by atoms with E-state index >= 15 is 0 Å². The van der Waals surface area contributed by atoms with E-state index in [4.69, 9.17) is 9.47 Å². The predicted molar refractivity (Wildman–Crippen MR) is 84.8 cm³/mol. The van der Waals surface area contributed by atoms with Crippen molar-refractivity contribution in [3.63, 3.8) is 0 Å². The van der Waals surface area contributed by atoms with E-state index in [-0.39, 0.29) is 0 Å². The maximum atomic E-state index is 5.64. The fraction of sp³-hybridized carbons (Fsp3) is 0.667. The molecule has 0 radical (unpaired) electrons. The van der Waals surface area contributed by atoms with Crippen LogP contribution in [0.4, 0.5) is 0 Å². The van der Waals surface area contributed by atoms with E-state index in [1.807, 2.05) is 13.0 Å². The zero-order valence-electron chi connectivity index (χ0n) is 13.2. The fourth-order valence-electron chi connectivity index (χ4n) is 3.25. The quantitative estimate of drug-likeness (QED) is 0.753. The first-order valence-corrected chi connectivity index (χ1v) is 8.32. The molecule has 0 saturated heterocycles. The number of ether oxygens (including phenoxy) is 2. The van der Waals surface area contributed by atoms with Crippen molar-refractivity contribution in [2.24, 2.45) is 17.8 Å². The highest BCUT2D eigenvalue weighted by molar-refractivity contribution is 5.42. The van der Waals surface area contributed by atoms with Gasteiger partial charge in [-0.3, -0.25) is 0 Å². The average Bonchev–Trinajstić information content (AvgIpc) is 3.38. The summed E-state index contributed by atoms with van der Waals surface area (Å²) >= 11 is 0. The van der Waals surface area contributed by atoms with Crippen LogP contribution in [0.3, 0.4) is 0 Å². The number of hydrogen-bond donors (Lipinski definition) is 1. The molecule has 0 amide bonds. The van der Waals surface area contributed by atoms with Gasteiger partial charge in [0, 0.05) is 6.54 Å². The Hall–Kier alpha value is -1.22. The molecule has 3 nitrogen and oxygen atoms in total. The lowest BCUT2D eigenvalue weighted by atomic mass is 9.98. The van der Waals surface area contributed by atoms with Crippen LogP contribution in [0.2, 0.25) is 0 Å². The summed E-state index contributed by atoms with van der Waals surface area (Å²) in [6.07, 6.45) is 5.83. The van der Waals surface area contributed by atoms with Gasteiger partial charge in [0.1, 0.15) is 0 Å².